The van der Waals surface area contributed by atoms with Crippen molar-refractivity contribution in [2.45, 2.75) is 76.4 Å². The molecule has 6 heteroatoms. The predicted molar refractivity (Wildman–Crippen MR) is 120 cm³/mol. The van der Waals surface area contributed by atoms with E-state index in [2.05, 4.69) is 30.0 Å². The van der Waals surface area contributed by atoms with Gasteiger partial charge >= 0.3 is 6.09 Å². The van der Waals surface area contributed by atoms with Crippen molar-refractivity contribution < 1.29 is 14.3 Å². The molecule has 0 radical (unpaired) electrons. The Kier molecular flexibility index (Phi) is 5.45. The summed E-state index contributed by atoms with van der Waals surface area (Å²) in [6, 6.07) is 7.10. The molecule has 0 N–H and O–H groups in total. The number of piperidine rings is 2. The number of carbonyl (C=O) groups is 2. The average molecular weight is 426 g/mol. The number of amides is 2. The minimum Gasteiger partial charge on any atom is -0.446 e. The second-order valence-corrected chi connectivity index (χ2v) is 10.1. The van der Waals surface area contributed by atoms with Gasteiger partial charge in [0.05, 0.1) is 0 Å². The quantitative estimate of drug-likeness (QED) is 0.722. The number of likely N-dealkylation sites (tertiary alicyclic amines) is 2. The number of nitrogens with zero attached hydrogens (tertiary/aromatic N) is 3. The first-order valence-corrected chi connectivity index (χ1v) is 12.0. The highest BCUT2D eigenvalue weighted by atomic mass is 16.6. The molecule has 1 saturated carbocycles. The van der Waals surface area contributed by atoms with E-state index in [4.69, 9.17) is 4.74 Å². The van der Waals surface area contributed by atoms with Gasteiger partial charge in [0.2, 0.25) is 5.91 Å². The van der Waals surface area contributed by atoms with Crippen LogP contribution in [0.3, 0.4) is 0 Å². The van der Waals surface area contributed by atoms with Gasteiger partial charge in [0.15, 0.2) is 0 Å². The fourth-order valence-corrected chi connectivity index (χ4v) is 5.93. The van der Waals surface area contributed by atoms with Gasteiger partial charge in [0.1, 0.15) is 6.10 Å². The number of hydrogen-bond acceptors (Lipinski definition) is 4. The number of benzene rings is 1. The first kappa shape index (κ1) is 20.8. The van der Waals surface area contributed by atoms with Gasteiger partial charge in [-0.05, 0) is 76.6 Å². The molecule has 1 aromatic carbocycles. The van der Waals surface area contributed by atoms with Crippen molar-refractivity contribution in [1.82, 2.24) is 9.80 Å². The molecule has 2 amide bonds. The molecule has 3 aliphatic heterocycles. The average Bonchev–Trinajstić information content (AvgIpc) is 3.05. The first-order chi connectivity index (χ1) is 14.9. The SMILES string of the molecule is CC(=O)N1CC2(CCN(C3CCN(C(=O)OC4CCC4)CC3)CC2)c2cc(C)ccc21. The van der Waals surface area contributed by atoms with Crippen LogP contribution in [0.15, 0.2) is 18.2 Å². The Bertz CT molecular complexity index is 850. The largest absolute Gasteiger partial charge is 0.446 e. The Labute approximate surface area is 185 Å². The standard InChI is InChI=1S/C25H35N3O3/c1-18-6-7-23-22(16-18)25(17-28(23)19(2)29)10-14-26(15-11-25)20-8-12-27(13-9-20)24(30)31-21-4-3-5-21/h6-7,16,20-21H,3-5,8-15,17H2,1-2H3. The minimum absolute atomic E-state index is 0.0941. The molecule has 1 spiro atoms. The second kappa shape index (κ2) is 8.12. The van der Waals surface area contributed by atoms with Gasteiger partial charge in [-0.1, -0.05) is 17.7 Å². The molecule has 4 aliphatic rings. The van der Waals surface area contributed by atoms with Crippen LogP contribution in [0.5, 0.6) is 0 Å². The topological polar surface area (TPSA) is 53.1 Å². The molecule has 0 bridgehead atoms. The summed E-state index contributed by atoms with van der Waals surface area (Å²) in [5, 5.41) is 0. The molecule has 0 atom stereocenters. The van der Waals surface area contributed by atoms with E-state index < -0.39 is 0 Å². The molecule has 5 rings (SSSR count). The lowest BCUT2D eigenvalue weighted by Gasteiger charge is -2.45. The van der Waals surface area contributed by atoms with Gasteiger partial charge in [-0.25, -0.2) is 4.79 Å². The number of aryl methyl sites for hydroxylation is 1. The number of carbonyl (C=O) groups excluding carboxylic acids is 2. The van der Waals surface area contributed by atoms with E-state index in [9.17, 15) is 9.59 Å². The predicted octanol–water partition coefficient (Wildman–Crippen LogP) is 3.85. The van der Waals surface area contributed by atoms with Gasteiger partial charge in [0, 0.05) is 43.7 Å². The van der Waals surface area contributed by atoms with Crippen LogP contribution in [-0.2, 0) is 14.9 Å². The maximum Gasteiger partial charge on any atom is 0.410 e. The van der Waals surface area contributed by atoms with Crippen LogP contribution in [-0.4, -0.2) is 66.7 Å². The highest BCUT2D eigenvalue weighted by molar-refractivity contribution is 5.94. The summed E-state index contributed by atoms with van der Waals surface area (Å²) in [6.07, 6.45) is 7.55. The van der Waals surface area contributed by atoms with Crippen molar-refractivity contribution in [2.75, 3.05) is 37.6 Å². The molecular formula is C25H35N3O3. The lowest BCUT2D eigenvalue weighted by Crippen LogP contribution is -2.52. The zero-order valence-corrected chi connectivity index (χ0v) is 18.9. The van der Waals surface area contributed by atoms with Crippen LogP contribution in [0.25, 0.3) is 0 Å². The maximum absolute atomic E-state index is 12.3. The van der Waals surface area contributed by atoms with E-state index in [1.54, 1.807) is 6.92 Å². The molecule has 1 aliphatic carbocycles. The summed E-state index contributed by atoms with van der Waals surface area (Å²) < 4.78 is 5.58. The molecule has 1 aromatic rings. The molecule has 31 heavy (non-hydrogen) atoms. The number of hydrogen-bond donors (Lipinski definition) is 0. The Morgan fingerprint density at radius 3 is 2.35 bits per heavy atom. The van der Waals surface area contributed by atoms with Crippen molar-refractivity contribution in [1.29, 1.82) is 0 Å². The number of anilines is 1. The Hall–Kier alpha value is -2.08. The van der Waals surface area contributed by atoms with E-state index in [0.29, 0.717) is 6.04 Å². The third kappa shape index (κ3) is 3.84. The zero-order valence-electron chi connectivity index (χ0n) is 18.9. The normalized spacial score (nSPS) is 24.2. The Morgan fingerprint density at radius 2 is 1.74 bits per heavy atom. The van der Waals surface area contributed by atoms with E-state index in [1.165, 1.54) is 17.5 Å². The molecule has 3 heterocycles. The summed E-state index contributed by atoms with van der Waals surface area (Å²) in [6.45, 7) is 8.38. The van der Waals surface area contributed by atoms with Crippen molar-refractivity contribution in [3.63, 3.8) is 0 Å². The highest BCUT2D eigenvalue weighted by Crippen LogP contribution is 2.47. The first-order valence-electron chi connectivity index (χ1n) is 12.0. The van der Waals surface area contributed by atoms with E-state index in [0.717, 1.165) is 76.9 Å². The summed E-state index contributed by atoms with van der Waals surface area (Å²) in [4.78, 5) is 31.1. The maximum atomic E-state index is 12.3. The van der Waals surface area contributed by atoms with E-state index in [-0.39, 0.29) is 23.5 Å². The van der Waals surface area contributed by atoms with Crippen molar-refractivity contribution >= 4 is 17.7 Å². The van der Waals surface area contributed by atoms with Crippen LogP contribution in [0.1, 0.15) is 63.0 Å². The Morgan fingerprint density at radius 1 is 1.03 bits per heavy atom. The van der Waals surface area contributed by atoms with Crippen LogP contribution >= 0.6 is 0 Å². The fourth-order valence-electron chi connectivity index (χ4n) is 5.93. The summed E-state index contributed by atoms with van der Waals surface area (Å²) in [5.41, 5.74) is 3.85. The van der Waals surface area contributed by atoms with Gasteiger partial charge in [-0.2, -0.15) is 0 Å². The monoisotopic (exact) mass is 425 g/mol. The molecular weight excluding hydrogens is 390 g/mol. The molecule has 6 nitrogen and oxygen atoms in total. The Balaban J connectivity index is 1.19. The molecule has 0 unspecified atom stereocenters. The van der Waals surface area contributed by atoms with Crippen LogP contribution < -0.4 is 4.90 Å². The van der Waals surface area contributed by atoms with Gasteiger partial charge in [0.25, 0.3) is 0 Å². The van der Waals surface area contributed by atoms with Crippen molar-refractivity contribution in [3.8, 4) is 0 Å². The van der Waals surface area contributed by atoms with Gasteiger partial charge < -0.3 is 19.4 Å². The van der Waals surface area contributed by atoms with E-state index in [1.807, 2.05) is 9.80 Å². The molecule has 168 valence electrons. The van der Waals surface area contributed by atoms with E-state index >= 15 is 0 Å². The lowest BCUT2D eigenvalue weighted by molar-refractivity contribution is -0.116. The summed E-state index contributed by atoms with van der Waals surface area (Å²) >= 11 is 0. The smallest absolute Gasteiger partial charge is 0.410 e. The minimum atomic E-state index is -0.108. The lowest BCUT2D eigenvalue weighted by atomic mass is 9.73. The molecule has 0 aromatic heterocycles. The number of ether oxygens (including phenoxy) is 1. The molecule has 3 fully saturated rings. The second-order valence-electron chi connectivity index (χ2n) is 10.1. The number of rotatable bonds is 2. The zero-order chi connectivity index (χ0) is 21.6. The fraction of sp³-hybridized carbons (Fsp3) is 0.680. The summed E-state index contributed by atoms with van der Waals surface area (Å²) in [5.74, 6) is 0.144. The van der Waals surface area contributed by atoms with Crippen LogP contribution in [0.2, 0.25) is 0 Å². The van der Waals surface area contributed by atoms with Gasteiger partial charge in [-0.3, -0.25) is 4.79 Å². The summed E-state index contributed by atoms with van der Waals surface area (Å²) in [7, 11) is 0. The third-order valence-electron chi connectivity index (χ3n) is 8.17. The van der Waals surface area contributed by atoms with Gasteiger partial charge in [-0.15, -0.1) is 0 Å². The van der Waals surface area contributed by atoms with Crippen LogP contribution in [0, 0.1) is 6.92 Å². The number of fused-ring (bicyclic) bond motifs is 2. The van der Waals surface area contributed by atoms with Crippen molar-refractivity contribution in [3.05, 3.63) is 29.3 Å². The highest BCUT2D eigenvalue weighted by Gasteiger charge is 2.46. The van der Waals surface area contributed by atoms with Crippen LogP contribution in [0.4, 0.5) is 10.5 Å². The molecule has 2 saturated heterocycles. The third-order valence-corrected chi connectivity index (χ3v) is 8.17. The van der Waals surface area contributed by atoms with Crippen molar-refractivity contribution in [2.24, 2.45) is 0 Å².